The van der Waals surface area contributed by atoms with E-state index >= 15 is 0 Å². The number of unbranched alkanes of at least 4 members (excludes halogenated alkanes) is 3. The highest BCUT2D eigenvalue weighted by atomic mass is 32.5. The Morgan fingerprint density at radius 3 is 1.96 bits per heavy atom. The maximum Gasteiger partial charge on any atom is 0.327 e. The number of hydrogen-bond acceptors (Lipinski definition) is 6. The summed E-state index contributed by atoms with van der Waals surface area (Å²) in [5.41, 5.74) is 2.66. The van der Waals surface area contributed by atoms with E-state index in [1.54, 1.807) is 0 Å². The van der Waals surface area contributed by atoms with Crippen molar-refractivity contribution in [2.75, 3.05) is 19.8 Å². The van der Waals surface area contributed by atoms with Crippen LogP contribution in [0.4, 0.5) is 0 Å². The fourth-order valence-corrected chi connectivity index (χ4v) is 4.11. The predicted molar refractivity (Wildman–Crippen MR) is 106 cm³/mol. The van der Waals surface area contributed by atoms with Gasteiger partial charge in [-0.3, -0.25) is 0 Å². The summed E-state index contributed by atoms with van der Waals surface area (Å²) in [6.07, 6.45) is 5.78. The smallest absolute Gasteiger partial charge is 0.309 e. The van der Waals surface area contributed by atoms with Gasteiger partial charge < -0.3 is 13.6 Å². The SMILES string of the molecule is Cc1ccc(CCCCCCOP(=S)(OCCC#N)OCCC#N)cc1. The van der Waals surface area contributed by atoms with Gasteiger partial charge in [0.05, 0.1) is 44.8 Å². The lowest BCUT2D eigenvalue weighted by Crippen LogP contribution is -2.03. The van der Waals surface area contributed by atoms with Crippen molar-refractivity contribution >= 4 is 18.5 Å². The Hall–Kier alpha value is -1.27. The minimum absolute atomic E-state index is 0.191. The second-order valence-corrected chi connectivity index (χ2v) is 8.92. The minimum Gasteiger partial charge on any atom is -0.309 e. The Morgan fingerprint density at radius 2 is 1.38 bits per heavy atom. The molecule has 0 saturated heterocycles. The molecule has 0 saturated carbocycles. The van der Waals surface area contributed by atoms with Crippen LogP contribution in [-0.2, 0) is 31.8 Å². The van der Waals surface area contributed by atoms with Crippen LogP contribution in [0.25, 0.3) is 0 Å². The molecule has 0 aliphatic carbocycles. The van der Waals surface area contributed by atoms with Crippen molar-refractivity contribution in [2.45, 2.75) is 51.9 Å². The number of nitriles is 2. The molecule has 5 nitrogen and oxygen atoms in total. The molecule has 0 unspecified atom stereocenters. The average molecular weight is 394 g/mol. The normalized spacial score (nSPS) is 11.0. The molecule has 0 heterocycles. The molecule has 0 aliphatic rings. The summed E-state index contributed by atoms with van der Waals surface area (Å²) in [6, 6.07) is 12.7. The maximum atomic E-state index is 8.59. The summed E-state index contributed by atoms with van der Waals surface area (Å²) in [5.74, 6) is 0. The van der Waals surface area contributed by atoms with Gasteiger partial charge in [0.1, 0.15) is 0 Å². The van der Waals surface area contributed by atoms with E-state index < -0.39 is 6.72 Å². The van der Waals surface area contributed by atoms with Crippen molar-refractivity contribution in [3.05, 3.63) is 35.4 Å². The fraction of sp³-hybridized carbons (Fsp3) is 0.579. The molecule has 1 aromatic rings. The fourth-order valence-electron chi connectivity index (χ4n) is 2.23. The molecule has 0 bridgehead atoms. The van der Waals surface area contributed by atoms with E-state index in [9.17, 15) is 0 Å². The summed E-state index contributed by atoms with van der Waals surface area (Å²) >= 11 is 5.33. The molecule has 26 heavy (non-hydrogen) atoms. The van der Waals surface area contributed by atoms with Crippen molar-refractivity contribution < 1.29 is 13.6 Å². The zero-order valence-corrected chi connectivity index (χ0v) is 17.1. The monoisotopic (exact) mass is 394 g/mol. The Morgan fingerprint density at radius 1 is 0.846 bits per heavy atom. The van der Waals surface area contributed by atoms with Crippen LogP contribution >= 0.6 is 6.72 Å². The van der Waals surface area contributed by atoms with Gasteiger partial charge >= 0.3 is 6.72 Å². The van der Waals surface area contributed by atoms with Gasteiger partial charge in [-0.25, -0.2) is 0 Å². The van der Waals surface area contributed by atoms with E-state index in [0.29, 0.717) is 6.61 Å². The largest absolute Gasteiger partial charge is 0.327 e. The van der Waals surface area contributed by atoms with Gasteiger partial charge in [-0.15, -0.1) is 0 Å². The second kappa shape index (κ2) is 13.9. The highest BCUT2D eigenvalue weighted by Gasteiger charge is 2.20. The van der Waals surface area contributed by atoms with Gasteiger partial charge in [0.25, 0.3) is 0 Å². The molecule has 0 N–H and O–H groups in total. The number of rotatable bonds is 14. The third-order valence-electron chi connectivity index (χ3n) is 3.66. The third-order valence-corrected chi connectivity index (χ3v) is 6.10. The lowest BCUT2D eigenvalue weighted by molar-refractivity contribution is 0.158. The van der Waals surface area contributed by atoms with Crippen molar-refractivity contribution in [1.82, 2.24) is 0 Å². The predicted octanol–water partition coefficient (Wildman–Crippen LogP) is 5.20. The number of benzene rings is 1. The standard InChI is InChI=1S/C19H27N2O3PS/c1-18-9-11-19(12-10-18)8-4-2-3-5-15-22-25(26,23-16-6-13-20)24-17-7-14-21/h9-12H,2-8,15-17H2,1H3. The zero-order valence-electron chi connectivity index (χ0n) is 15.4. The summed E-state index contributed by atoms with van der Waals surface area (Å²) < 4.78 is 16.6. The topological polar surface area (TPSA) is 75.3 Å². The number of hydrogen-bond donors (Lipinski definition) is 0. The molecule has 142 valence electrons. The molecule has 0 atom stereocenters. The zero-order chi connectivity index (χ0) is 19.1. The van der Waals surface area contributed by atoms with Gasteiger partial charge in [0.15, 0.2) is 0 Å². The first kappa shape index (κ1) is 22.8. The van der Waals surface area contributed by atoms with Crippen LogP contribution in [0.1, 0.15) is 49.7 Å². The Labute approximate surface area is 162 Å². The van der Waals surface area contributed by atoms with E-state index in [1.807, 2.05) is 12.1 Å². The lowest BCUT2D eigenvalue weighted by Gasteiger charge is -2.21. The van der Waals surface area contributed by atoms with Crippen LogP contribution in [0.3, 0.4) is 0 Å². The summed E-state index contributed by atoms with van der Waals surface area (Å²) in [7, 11) is 0. The van der Waals surface area contributed by atoms with Gasteiger partial charge in [-0.05, 0) is 43.6 Å². The Balaban J connectivity index is 2.20. The first-order chi connectivity index (χ1) is 12.6. The maximum absolute atomic E-state index is 8.59. The van der Waals surface area contributed by atoms with Crippen molar-refractivity contribution in [2.24, 2.45) is 0 Å². The van der Waals surface area contributed by atoms with Crippen LogP contribution in [0.15, 0.2) is 24.3 Å². The van der Waals surface area contributed by atoms with Crippen molar-refractivity contribution in [3.63, 3.8) is 0 Å². The van der Waals surface area contributed by atoms with Crippen LogP contribution in [0.2, 0.25) is 0 Å². The molecule has 1 aromatic carbocycles. The average Bonchev–Trinajstić information content (AvgIpc) is 2.63. The first-order valence-corrected chi connectivity index (χ1v) is 11.5. The van der Waals surface area contributed by atoms with E-state index in [2.05, 4.69) is 31.2 Å². The third kappa shape index (κ3) is 10.7. The second-order valence-electron chi connectivity index (χ2n) is 5.91. The highest BCUT2D eigenvalue weighted by Crippen LogP contribution is 2.50. The van der Waals surface area contributed by atoms with Crippen molar-refractivity contribution in [3.8, 4) is 12.1 Å². The molecule has 0 fully saturated rings. The van der Waals surface area contributed by atoms with Gasteiger partial charge in [-0.2, -0.15) is 10.5 Å². The quantitative estimate of drug-likeness (QED) is 0.319. The number of aryl methyl sites for hydroxylation is 2. The summed E-state index contributed by atoms with van der Waals surface area (Å²) in [5, 5.41) is 17.2. The molecule has 0 amide bonds. The van der Waals surface area contributed by atoms with E-state index in [0.717, 1.165) is 32.1 Å². The lowest BCUT2D eigenvalue weighted by atomic mass is 10.1. The minimum atomic E-state index is -2.86. The van der Waals surface area contributed by atoms with Crippen LogP contribution in [0, 0.1) is 29.6 Å². The van der Waals surface area contributed by atoms with Crippen LogP contribution in [-0.4, -0.2) is 19.8 Å². The molecule has 0 spiro atoms. The van der Waals surface area contributed by atoms with E-state index in [-0.39, 0.29) is 26.1 Å². The Bertz CT molecular complexity index is 614. The van der Waals surface area contributed by atoms with Gasteiger partial charge in [-0.1, -0.05) is 42.7 Å². The van der Waals surface area contributed by atoms with Crippen molar-refractivity contribution in [1.29, 1.82) is 10.5 Å². The van der Waals surface area contributed by atoms with Gasteiger partial charge in [0, 0.05) is 0 Å². The molecular weight excluding hydrogens is 367 g/mol. The van der Waals surface area contributed by atoms with Crippen LogP contribution in [0.5, 0.6) is 0 Å². The molecule has 1 rings (SSSR count). The molecule has 0 aromatic heterocycles. The van der Waals surface area contributed by atoms with Gasteiger partial charge in [0.2, 0.25) is 0 Å². The summed E-state index contributed by atoms with van der Waals surface area (Å²) in [4.78, 5) is 0. The molecule has 0 radical (unpaired) electrons. The molecule has 7 heteroatoms. The van der Waals surface area contributed by atoms with E-state index in [1.165, 1.54) is 11.1 Å². The Kier molecular flexibility index (Phi) is 12.1. The highest BCUT2D eigenvalue weighted by molar-refractivity contribution is 8.07. The number of nitrogens with zero attached hydrogens (tertiary/aromatic N) is 2. The molecular formula is C19H27N2O3PS. The summed E-state index contributed by atoms with van der Waals surface area (Å²) in [6.45, 7) is 0.0970. The molecule has 0 aliphatic heterocycles. The van der Waals surface area contributed by atoms with Crippen LogP contribution < -0.4 is 0 Å². The van der Waals surface area contributed by atoms with E-state index in [4.69, 9.17) is 35.9 Å². The first-order valence-electron chi connectivity index (χ1n) is 8.93.